The van der Waals surface area contributed by atoms with E-state index in [0.717, 1.165) is 25.9 Å². The van der Waals surface area contributed by atoms with Crippen molar-refractivity contribution in [2.45, 2.75) is 78.8 Å². The van der Waals surface area contributed by atoms with Crippen LogP contribution in [0, 0.1) is 0 Å². The van der Waals surface area contributed by atoms with Crippen LogP contribution in [0.15, 0.2) is 0 Å². The van der Waals surface area contributed by atoms with Crippen LogP contribution in [0.3, 0.4) is 0 Å². The van der Waals surface area contributed by atoms with Crippen molar-refractivity contribution in [3.05, 3.63) is 0 Å². The molecule has 1 amide bonds. The van der Waals surface area contributed by atoms with E-state index in [2.05, 4.69) is 24.2 Å². The molecule has 0 aliphatic carbocycles. The minimum atomic E-state index is -0.212. The van der Waals surface area contributed by atoms with Crippen molar-refractivity contribution in [1.29, 1.82) is 0 Å². The summed E-state index contributed by atoms with van der Waals surface area (Å²) < 4.78 is 0. The molecule has 0 saturated carbocycles. The van der Waals surface area contributed by atoms with E-state index in [1.165, 1.54) is 19.3 Å². The van der Waals surface area contributed by atoms with Crippen LogP contribution in [0.5, 0.6) is 0 Å². The molecule has 0 spiro atoms. The second-order valence-electron chi connectivity index (χ2n) is 4.87. The van der Waals surface area contributed by atoms with Crippen LogP contribution in [-0.2, 0) is 4.79 Å². The molecule has 0 radical (unpaired) electrons. The number of nitrogens with zero attached hydrogens (tertiary/aromatic N) is 1. The standard InChI is InChI=1S/C12H25N3O.2C2H6/c1-3-4-5-8-15(2)9-10-6-7-11(14-10)12(13)16;2*1-2/h10-11,14H,3-9H2,1-2H3,(H2,13,16);2*1-2H3. The number of hydrogen-bond acceptors (Lipinski definition) is 3. The largest absolute Gasteiger partial charge is 0.368 e. The zero-order valence-electron chi connectivity index (χ0n) is 14.5. The van der Waals surface area contributed by atoms with Gasteiger partial charge in [-0.25, -0.2) is 0 Å². The third-order valence-corrected chi connectivity index (χ3v) is 3.26. The average molecular weight is 287 g/mol. The van der Waals surface area contributed by atoms with Gasteiger partial charge >= 0.3 is 0 Å². The van der Waals surface area contributed by atoms with Gasteiger partial charge in [-0.15, -0.1) is 0 Å². The predicted molar refractivity (Wildman–Crippen MR) is 88.9 cm³/mol. The fraction of sp³-hybridized carbons (Fsp3) is 0.938. The van der Waals surface area contributed by atoms with Gasteiger partial charge in [-0.05, 0) is 32.9 Å². The maximum Gasteiger partial charge on any atom is 0.234 e. The number of hydrogen-bond donors (Lipinski definition) is 2. The molecule has 0 aromatic heterocycles. The third kappa shape index (κ3) is 10.2. The van der Waals surface area contributed by atoms with E-state index < -0.39 is 0 Å². The smallest absolute Gasteiger partial charge is 0.234 e. The molecule has 4 nitrogen and oxygen atoms in total. The number of carbonyl (C=O) groups excluding carboxylic acids is 1. The van der Waals surface area contributed by atoms with E-state index in [4.69, 9.17) is 5.73 Å². The fourth-order valence-electron chi connectivity index (χ4n) is 2.29. The molecule has 0 aromatic carbocycles. The zero-order valence-corrected chi connectivity index (χ0v) is 14.5. The Labute approximate surface area is 126 Å². The van der Waals surface area contributed by atoms with Gasteiger partial charge in [0.05, 0.1) is 6.04 Å². The maximum absolute atomic E-state index is 11.0. The Morgan fingerprint density at radius 2 is 1.80 bits per heavy atom. The lowest BCUT2D eigenvalue weighted by atomic mass is 10.2. The van der Waals surface area contributed by atoms with Crippen molar-refractivity contribution in [2.24, 2.45) is 5.73 Å². The Bertz CT molecular complexity index is 222. The fourth-order valence-corrected chi connectivity index (χ4v) is 2.29. The summed E-state index contributed by atoms with van der Waals surface area (Å²) in [4.78, 5) is 13.3. The molecule has 122 valence electrons. The number of unbranched alkanes of at least 4 members (excludes halogenated alkanes) is 2. The van der Waals surface area contributed by atoms with Gasteiger partial charge < -0.3 is 16.0 Å². The highest BCUT2D eigenvalue weighted by Gasteiger charge is 2.27. The summed E-state index contributed by atoms with van der Waals surface area (Å²) in [5, 5.41) is 3.30. The summed E-state index contributed by atoms with van der Waals surface area (Å²) in [6.45, 7) is 12.4. The molecule has 3 N–H and O–H groups in total. The van der Waals surface area contributed by atoms with Crippen molar-refractivity contribution in [1.82, 2.24) is 10.2 Å². The number of likely N-dealkylation sites (N-methyl/N-ethyl adjacent to an activating group) is 1. The highest BCUT2D eigenvalue weighted by Crippen LogP contribution is 2.13. The van der Waals surface area contributed by atoms with Crippen molar-refractivity contribution < 1.29 is 4.79 Å². The van der Waals surface area contributed by atoms with Crippen LogP contribution in [0.25, 0.3) is 0 Å². The lowest BCUT2D eigenvalue weighted by Crippen LogP contribution is -2.43. The summed E-state index contributed by atoms with van der Waals surface area (Å²) in [7, 11) is 2.15. The normalized spacial score (nSPS) is 20.8. The van der Waals surface area contributed by atoms with E-state index in [9.17, 15) is 4.79 Å². The molecule has 1 fully saturated rings. The van der Waals surface area contributed by atoms with E-state index in [0.29, 0.717) is 6.04 Å². The van der Waals surface area contributed by atoms with Gasteiger partial charge in [0.1, 0.15) is 0 Å². The van der Waals surface area contributed by atoms with Gasteiger partial charge in [0.2, 0.25) is 5.91 Å². The Morgan fingerprint density at radius 1 is 1.20 bits per heavy atom. The topological polar surface area (TPSA) is 58.4 Å². The third-order valence-electron chi connectivity index (χ3n) is 3.26. The summed E-state index contributed by atoms with van der Waals surface area (Å²) >= 11 is 0. The summed E-state index contributed by atoms with van der Waals surface area (Å²) in [6, 6.07) is 0.332. The lowest BCUT2D eigenvalue weighted by Gasteiger charge is -2.21. The number of primary amides is 1. The first kappa shape index (κ1) is 21.7. The second kappa shape index (κ2) is 14.8. The molecular weight excluding hydrogens is 250 g/mol. The Morgan fingerprint density at radius 3 is 2.25 bits per heavy atom. The monoisotopic (exact) mass is 287 g/mol. The summed E-state index contributed by atoms with van der Waals surface area (Å²) in [6.07, 6.45) is 5.78. The molecule has 4 heteroatoms. The zero-order chi connectivity index (χ0) is 16.0. The minimum Gasteiger partial charge on any atom is -0.368 e. The van der Waals surface area contributed by atoms with Crippen LogP contribution in [0.4, 0.5) is 0 Å². The molecule has 0 bridgehead atoms. The summed E-state index contributed by atoms with van der Waals surface area (Å²) in [5.74, 6) is -0.212. The Balaban J connectivity index is 0. The van der Waals surface area contributed by atoms with Crippen LogP contribution < -0.4 is 11.1 Å². The van der Waals surface area contributed by atoms with Crippen LogP contribution in [-0.4, -0.2) is 43.0 Å². The lowest BCUT2D eigenvalue weighted by molar-refractivity contribution is -0.119. The van der Waals surface area contributed by atoms with E-state index in [-0.39, 0.29) is 11.9 Å². The van der Waals surface area contributed by atoms with E-state index >= 15 is 0 Å². The quantitative estimate of drug-likeness (QED) is 0.708. The number of rotatable bonds is 7. The van der Waals surface area contributed by atoms with Crippen LogP contribution in [0.2, 0.25) is 0 Å². The minimum absolute atomic E-state index is 0.103. The molecule has 2 unspecified atom stereocenters. The Hall–Kier alpha value is -0.610. The molecule has 1 aliphatic heterocycles. The van der Waals surface area contributed by atoms with Crippen molar-refractivity contribution in [3.63, 3.8) is 0 Å². The highest BCUT2D eigenvalue weighted by atomic mass is 16.1. The van der Waals surface area contributed by atoms with Gasteiger partial charge in [0.25, 0.3) is 0 Å². The van der Waals surface area contributed by atoms with Crippen LogP contribution in [0.1, 0.15) is 66.7 Å². The molecule has 1 aliphatic rings. The van der Waals surface area contributed by atoms with E-state index in [1.54, 1.807) is 0 Å². The van der Waals surface area contributed by atoms with Gasteiger partial charge in [-0.1, -0.05) is 47.5 Å². The number of nitrogens with two attached hydrogens (primary N) is 1. The van der Waals surface area contributed by atoms with Gasteiger partial charge in [0.15, 0.2) is 0 Å². The molecule has 2 atom stereocenters. The first-order valence-electron chi connectivity index (χ1n) is 8.37. The Kier molecular flexibility index (Phi) is 16.0. The number of amides is 1. The first-order chi connectivity index (χ1) is 9.63. The SMILES string of the molecule is CC.CC.CCCCCN(C)CC1CCC(C(N)=O)N1. The first-order valence-corrected chi connectivity index (χ1v) is 8.37. The molecule has 20 heavy (non-hydrogen) atoms. The van der Waals surface area contributed by atoms with Gasteiger partial charge in [0, 0.05) is 12.6 Å². The molecule has 1 saturated heterocycles. The van der Waals surface area contributed by atoms with Crippen molar-refractivity contribution in [2.75, 3.05) is 20.1 Å². The van der Waals surface area contributed by atoms with Crippen molar-refractivity contribution in [3.8, 4) is 0 Å². The van der Waals surface area contributed by atoms with Crippen molar-refractivity contribution >= 4 is 5.91 Å². The molecular formula is C16H37N3O. The van der Waals surface area contributed by atoms with Gasteiger partial charge in [-0.3, -0.25) is 4.79 Å². The average Bonchev–Trinajstić information content (AvgIpc) is 2.92. The number of carbonyl (C=O) groups is 1. The second-order valence-corrected chi connectivity index (χ2v) is 4.87. The van der Waals surface area contributed by atoms with Crippen LogP contribution >= 0.6 is 0 Å². The predicted octanol–water partition coefficient (Wildman–Crippen LogP) is 2.77. The van der Waals surface area contributed by atoms with E-state index in [1.807, 2.05) is 27.7 Å². The highest BCUT2D eigenvalue weighted by molar-refractivity contribution is 5.80. The maximum atomic E-state index is 11.0. The molecule has 1 heterocycles. The summed E-state index contributed by atoms with van der Waals surface area (Å²) in [5.41, 5.74) is 5.27. The van der Waals surface area contributed by atoms with Gasteiger partial charge in [-0.2, -0.15) is 0 Å². The number of nitrogens with one attached hydrogen (secondary N) is 1. The molecule has 1 rings (SSSR count). The molecule has 0 aromatic rings.